The van der Waals surface area contributed by atoms with Crippen LogP contribution in [-0.4, -0.2) is 35.4 Å². The number of carbonyl (C=O) groups excluding carboxylic acids is 1. The van der Waals surface area contributed by atoms with Gasteiger partial charge in [-0.1, -0.05) is 19.1 Å². The van der Waals surface area contributed by atoms with E-state index in [1.54, 1.807) is 12.1 Å². The second-order valence-electron chi connectivity index (χ2n) is 5.02. The van der Waals surface area contributed by atoms with E-state index in [1.807, 2.05) is 6.92 Å². The van der Waals surface area contributed by atoms with Gasteiger partial charge in [-0.25, -0.2) is 9.59 Å². The highest BCUT2D eigenvalue weighted by Gasteiger charge is 2.05. The van der Waals surface area contributed by atoms with Crippen molar-refractivity contribution in [3.63, 3.8) is 0 Å². The van der Waals surface area contributed by atoms with Gasteiger partial charge in [-0.2, -0.15) is 0 Å². The van der Waals surface area contributed by atoms with E-state index in [9.17, 15) is 9.59 Å². The Kier molecular flexibility index (Phi) is 7.25. The summed E-state index contributed by atoms with van der Waals surface area (Å²) in [5, 5.41) is 23.0. The molecule has 0 saturated carbocycles. The Bertz CT molecular complexity index is 459. The molecule has 1 atom stereocenters. The molecule has 0 fully saturated rings. The molecule has 1 aromatic rings. The molecular weight excluding hydrogens is 272 g/mol. The minimum Gasteiger partial charge on any atom is -0.478 e. The van der Waals surface area contributed by atoms with Crippen molar-refractivity contribution in [3.8, 4) is 0 Å². The van der Waals surface area contributed by atoms with Crippen LogP contribution >= 0.6 is 0 Å². The molecule has 4 N–H and O–H groups in total. The van der Waals surface area contributed by atoms with E-state index in [-0.39, 0.29) is 18.2 Å². The fraction of sp³-hybridized carbons (Fsp3) is 0.467. The standard InChI is InChI=1S/C15H22N2O4/c1-11(7-9-18)6-8-16-15(21)17-10-12-2-4-13(5-3-12)14(19)20/h2-5,11,18H,6-10H2,1H3,(H,19,20)(H2,16,17,21). The van der Waals surface area contributed by atoms with Gasteiger partial charge >= 0.3 is 12.0 Å². The van der Waals surface area contributed by atoms with Crippen LogP contribution in [0.5, 0.6) is 0 Å². The number of rotatable bonds is 8. The van der Waals surface area contributed by atoms with Gasteiger partial charge in [0.1, 0.15) is 0 Å². The van der Waals surface area contributed by atoms with E-state index in [4.69, 9.17) is 10.2 Å². The first-order chi connectivity index (χ1) is 10.0. The highest BCUT2D eigenvalue weighted by molar-refractivity contribution is 5.87. The van der Waals surface area contributed by atoms with Crippen LogP contribution in [0.1, 0.15) is 35.7 Å². The fourth-order valence-electron chi connectivity index (χ4n) is 1.81. The number of carboxylic acid groups (broad SMARTS) is 1. The third-order valence-electron chi connectivity index (χ3n) is 3.20. The highest BCUT2D eigenvalue weighted by atomic mass is 16.4. The van der Waals surface area contributed by atoms with Crippen molar-refractivity contribution in [2.45, 2.75) is 26.3 Å². The molecule has 6 heteroatoms. The van der Waals surface area contributed by atoms with Gasteiger partial charge < -0.3 is 20.8 Å². The van der Waals surface area contributed by atoms with E-state index in [0.29, 0.717) is 19.0 Å². The number of hydrogen-bond acceptors (Lipinski definition) is 3. The summed E-state index contributed by atoms with van der Waals surface area (Å²) in [4.78, 5) is 22.3. The minimum absolute atomic E-state index is 0.166. The number of amides is 2. The van der Waals surface area contributed by atoms with Crippen LogP contribution in [0.2, 0.25) is 0 Å². The van der Waals surface area contributed by atoms with E-state index < -0.39 is 5.97 Å². The van der Waals surface area contributed by atoms with E-state index in [0.717, 1.165) is 18.4 Å². The Morgan fingerprint density at radius 2 is 1.81 bits per heavy atom. The van der Waals surface area contributed by atoms with Gasteiger partial charge in [0.05, 0.1) is 5.56 Å². The van der Waals surface area contributed by atoms with Crippen molar-refractivity contribution in [1.29, 1.82) is 0 Å². The molecule has 0 aliphatic rings. The molecule has 0 saturated heterocycles. The highest BCUT2D eigenvalue weighted by Crippen LogP contribution is 2.05. The van der Waals surface area contributed by atoms with Crippen molar-refractivity contribution >= 4 is 12.0 Å². The number of urea groups is 1. The molecule has 116 valence electrons. The normalized spacial score (nSPS) is 11.7. The number of hydrogen-bond donors (Lipinski definition) is 4. The summed E-state index contributed by atoms with van der Waals surface area (Å²) in [6.45, 7) is 3.10. The second-order valence-corrected chi connectivity index (χ2v) is 5.02. The molecule has 0 bridgehead atoms. The summed E-state index contributed by atoms with van der Waals surface area (Å²) < 4.78 is 0. The summed E-state index contributed by atoms with van der Waals surface area (Å²) in [6, 6.07) is 6.11. The zero-order chi connectivity index (χ0) is 15.7. The van der Waals surface area contributed by atoms with Gasteiger partial charge in [0.15, 0.2) is 0 Å². The first kappa shape index (κ1) is 17.0. The molecule has 0 spiro atoms. The quantitative estimate of drug-likeness (QED) is 0.585. The zero-order valence-corrected chi connectivity index (χ0v) is 12.1. The number of benzene rings is 1. The van der Waals surface area contributed by atoms with Gasteiger partial charge in [0.2, 0.25) is 0 Å². The predicted molar refractivity (Wildman–Crippen MR) is 79.1 cm³/mol. The third kappa shape index (κ3) is 6.76. The Morgan fingerprint density at radius 3 is 2.38 bits per heavy atom. The molecule has 1 unspecified atom stereocenters. The fourth-order valence-corrected chi connectivity index (χ4v) is 1.81. The van der Waals surface area contributed by atoms with Crippen molar-refractivity contribution in [2.24, 2.45) is 5.92 Å². The van der Waals surface area contributed by atoms with Crippen LogP contribution in [-0.2, 0) is 6.54 Å². The van der Waals surface area contributed by atoms with Crippen molar-refractivity contribution in [3.05, 3.63) is 35.4 Å². The molecular formula is C15H22N2O4. The van der Waals surface area contributed by atoms with Crippen LogP contribution in [0, 0.1) is 5.92 Å². The van der Waals surface area contributed by atoms with Crippen LogP contribution in [0.15, 0.2) is 24.3 Å². The van der Waals surface area contributed by atoms with Crippen molar-refractivity contribution in [1.82, 2.24) is 10.6 Å². The van der Waals surface area contributed by atoms with E-state index in [2.05, 4.69) is 10.6 Å². The number of nitrogens with one attached hydrogen (secondary N) is 2. The summed E-state index contributed by atoms with van der Waals surface area (Å²) in [5.74, 6) is -0.594. The number of carboxylic acids is 1. The van der Waals surface area contributed by atoms with Crippen LogP contribution in [0.25, 0.3) is 0 Å². The van der Waals surface area contributed by atoms with Crippen molar-refractivity contribution < 1.29 is 19.8 Å². The largest absolute Gasteiger partial charge is 0.478 e. The maximum atomic E-state index is 11.6. The van der Waals surface area contributed by atoms with Crippen LogP contribution in [0.3, 0.4) is 0 Å². The Balaban J connectivity index is 2.25. The van der Waals surface area contributed by atoms with Gasteiger partial charge in [-0.3, -0.25) is 0 Å². The second kappa shape index (κ2) is 8.97. The number of aliphatic hydroxyl groups excluding tert-OH is 1. The number of aromatic carboxylic acids is 1. The zero-order valence-electron chi connectivity index (χ0n) is 12.1. The lowest BCUT2D eigenvalue weighted by Crippen LogP contribution is -2.36. The first-order valence-corrected chi connectivity index (χ1v) is 6.97. The topological polar surface area (TPSA) is 98.7 Å². The maximum Gasteiger partial charge on any atom is 0.335 e. The molecule has 0 radical (unpaired) electrons. The van der Waals surface area contributed by atoms with E-state index >= 15 is 0 Å². The number of carbonyl (C=O) groups is 2. The molecule has 21 heavy (non-hydrogen) atoms. The molecule has 0 aromatic heterocycles. The molecule has 1 aromatic carbocycles. The molecule has 0 heterocycles. The van der Waals surface area contributed by atoms with Gasteiger partial charge in [-0.05, 0) is 36.5 Å². The Labute approximate surface area is 124 Å². The third-order valence-corrected chi connectivity index (χ3v) is 3.20. The predicted octanol–water partition coefficient (Wildman–Crippen LogP) is 1.59. The summed E-state index contributed by atoms with van der Waals surface area (Å²) >= 11 is 0. The molecule has 0 aliphatic carbocycles. The maximum absolute atomic E-state index is 11.6. The lowest BCUT2D eigenvalue weighted by molar-refractivity contribution is 0.0697. The molecule has 6 nitrogen and oxygen atoms in total. The monoisotopic (exact) mass is 294 g/mol. The van der Waals surface area contributed by atoms with Crippen LogP contribution in [0.4, 0.5) is 4.79 Å². The lowest BCUT2D eigenvalue weighted by Gasteiger charge is -2.11. The lowest BCUT2D eigenvalue weighted by atomic mass is 10.1. The van der Waals surface area contributed by atoms with E-state index in [1.165, 1.54) is 12.1 Å². The summed E-state index contributed by atoms with van der Waals surface area (Å²) in [6.07, 6.45) is 1.56. The molecule has 2 amide bonds. The minimum atomic E-state index is -0.968. The SMILES string of the molecule is CC(CCO)CCNC(=O)NCc1ccc(C(=O)O)cc1. The first-order valence-electron chi connectivity index (χ1n) is 6.97. The molecule has 0 aliphatic heterocycles. The average Bonchev–Trinajstić information content (AvgIpc) is 2.46. The van der Waals surface area contributed by atoms with Gasteiger partial charge in [0.25, 0.3) is 0 Å². The average molecular weight is 294 g/mol. The number of aliphatic hydroxyl groups is 1. The van der Waals surface area contributed by atoms with Gasteiger partial charge in [-0.15, -0.1) is 0 Å². The van der Waals surface area contributed by atoms with Crippen molar-refractivity contribution in [2.75, 3.05) is 13.2 Å². The van der Waals surface area contributed by atoms with Gasteiger partial charge in [0, 0.05) is 19.7 Å². The Hall–Kier alpha value is -2.08. The smallest absolute Gasteiger partial charge is 0.335 e. The van der Waals surface area contributed by atoms with Crippen LogP contribution < -0.4 is 10.6 Å². The molecule has 1 rings (SSSR count). The summed E-state index contributed by atoms with van der Waals surface area (Å²) in [7, 11) is 0. The summed E-state index contributed by atoms with van der Waals surface area (Å²) in [5.41, 5.74) is 1.06. The Morgan fingerprint density at radius 1 is 1.14 bits per heavy atom.